The van der Waals surface area contributed by atoms with E-state index in [4.69, 9.17) is 0 Å². The lowest BCUT2D eigenvalue weighted by molar-refractivity contribution is -0.121. The molecule has 3 aromatic rings. The molecule has 2 amide bonds. The highest BCUT2D eigenvalue weighted by Gasteiger charge is 2.13. The summed E-state index contributed by atoms with van der Waals surface area (Å²) in [6, 6.07) is 12.3. The molecule has 1 aromatic heterocycles. The van der Waals surface area contributed by atoms with Crippen molar-refractivity contribution >= 4 is 23.2 Å². The van der Waals surface area contributed by atoms with E-state index in [0.29, 0.717) is 5.69 Å². The van der Waals surface area contributed by atoms with Gasteiger partial charge in [-0.3, -0.25) is 20.4 Å². The predicted octanol–water partition coefficient (Wildman–Crippen LogP) is 3.14. The van der Waals surface area contributed by atoms with Crippen molar-refractivity contribution in [2.75, 3.05) is 0 Å². The van der Waals surface area contributed by atoms with Gasteiger partial charge in [0.05, 0.1) is 17.7 Å². The molecule has 0 aliphatic rings. The Balaban J connectivity index is 1.60. The van der Waals surface area contributed by atoms with Crippen LogP contribution in [0.5, 0.6) is 5.75 Å². The number of hydrazine groups is 1. The molecule has 0 radical (unpaired) electrons. The van der Waals surface area contributed by atoms with Gasteiger partial charge in [-0.15, -0.1) is 11.3 Å². The Hall–Kier alpha value is -3.19. The zero-order valence-corrected chi connectivity index (χ0v) is 15.8. The second-order valence-corrected chi connectivity index (χ2v) is 7.02. The molecule has 0 spiro atoms. The standard InChI is InChI=1S/C20H19N3O3S/c1-12-7-8-15(13(2)9-12)20-21-14(11-27-20)10-18(25)22-23-19(26)16-5-3-4-6-17(16)24/h3-9,11,24H,10H2,1-2H3,(H,22,25)(H,23,26). The molecule has 0 unspecified atom stereocenters. The molecule has 0 saturated heterocycles. The second kappa shape index (κ2) is 8.01. The van der Waals surface area contributed by atoms with Crippen molar-refractivity contribution in [1.29, 1.82) is 0 Å². The first-order chi connectivity index (χ1) is 12.9. The van der Waals surface area contributed by atoms with E-state index in [-0.39, 0.29) is 17.7 Å². The van der Waals surface area contributed by atoms with Crippen LogP contribution < -0.4 is 10.9 Å². The summed E-state index contributed by atoms with van der Waals surface area (Å²) in [7, 11) is 0. The average Bonchev–Trinajstić information content (AvgIpc) is 3.08. The number of phenols is 1. The van der Waals surface area contributed by atoms with E-state index in [1.54, 1.807) is 12.1 Å². The van der Waals surface area contributed by atoms with E-state index in [1.165, 1.54) is 29.0 Å². The summed E-state index contributed by atoms with van der Waals surface area (Å²) in [6.45, 7) is 4.07. The summed E-state index contributed by atoms with van der Waals surface area (Å²) >= 11 is 1.48. The maximum absolute atomic E-state index is 12.1. The number of phenolic OH excluding ortho intramolecular Hbond substituents is 1. The maximum atomic E-state index is 12.1. The van der Waals surface area contributed by atoms with Crippen molar-refractivity contribution in [3.8, 4) is 16.3 Å². The molecule has 6 nitrogen and oxygen atoms in total. The number of rotatable bonds is 4. The Bertz CT molecular complexity index is 998. The summed E-state index contributed by atoms with van der Waals surface area (Å²) in [4.78, 5) is 28.6. The lowest BCUT2D eigenvalue weighted by atomic mass is 10.1. The van der Waals surface area contributed by atoms with E-state index in [9.17, 15) is 14.7 Å². The highest BCUT2D eigenvalue weighted by atomic mass is 32.1. The largest absolute Gasteiger partial charge is 0.507 e. The number of carbonyl (C=O) groups excluding carboxylic acids is 2. The normalized spacial score (nSPS) is 10.4. The highest BCUT2D eigenvalue weighted by Crippen LogP contribution is 2.27. The van der Waals surface area contributed by atoms with Gasteiger partial charge < -0.3 is 5.11 Å². The number of benzene rings is 2. The molecule has 0 aliphatic carbocycles. The van der Waals surface area contributed by atoms with E-state index in [2.05, 4.69) is 21.9 Å². The molecule has 7 heteroatoms. The fourth-order valence-electron chi connectivity index (χ4n) is 2.63. The van der Waals surface area contributed by atoms with Crippen LogP contribution in [0.2, 0.25) is 0 Å². The van der Waals surface area contributed by atoms with Crippen molar-refractivity contribution in [2.45, 2.75) is 20.3 Å². The summed E-state index contributed by atoms with van der Waals surface area (Å²) in [6.07, 6.45) is 0.0441. The Morgan fingerprint density at radius 1 is 1.11 bits per heavy atom. The quantitative estimate of drug-likeness (QED) is 0.606. The third kappa shape index (κ3) is 4.51. The first-order valence-corrected chi connectivity index (χ1v) is 9.21. The van der Waals surface area contributed by atoms with Gasteiger partial charge in [-0.05, 0) is 31.5 Å². The van der Waals surface area contributed by atoms with Crippen molar-refractivity contribution in [1.82, 2.24) is 15.8 Å². The smallest absolute Gasteiger partial charge is 0.273 e. The van der Waals surface area contributed by atoms with Crippen LogP contribution in [0, 0.1) is 13.8 Å². The average molecular weight is 381 g/mol. The number of nitrogens with zero attached hydrogens (tertiary/aromatic N) is 1. The zero-order chi connectivity index (χ0) is 19.4. The number of hydrogen-bond acceptors (Lipinski definition) is 5. The van der Waals surface area contributed by atoms with Crippen LogP contribution in [-0.2, 0) is 11.2 Å². The van der Waals surface area contributed by atoms with E-state index >= 15 is 0 Å². The van der Waals surface area contributed by atoms with Crippen molar-refractivity contribution in [3.05, 3.63) is 70.2 Å². The SMILES string of the molecule is Cc1ccc(-c2nc(CC(=O)NNC(=O)c3ccccc3O)cs2)c(C)c1. The van der Waals surface area contributed by atoms with Crippen LogP contribution in [0.25, 0.3) is 10.6 Å². The van der Waals surface area contributed by atoms with Gasteiger partial charge in [0.2, 0.25) is 5.91 Å². The number of aryl methyl sites for hydroxylation is 2. The van der Waals surface area contributed by atoms with Crippen molar-refractivity contribution < 1.29 is 14.7 Å². The number of amides is 2. The monoisotopic (exact) mass is 381 g/mol. The fraction of sp³-hybridized carbons (Fsp3) is 0.150. The number of hydrogen-bond donors (Lipinski definition) is 3. The maximum Gasteiger partial charge on any atom is 0.273 e. The molecule has 27 heavy (non-hydrogen) atoms. The van der Waals surface area contributed by atoms with Crippen LogP contribution in [0.3, 0.4) is 0 Å². The number of aromatic nitrogens is 1. The van der Waals surface area contributed by atoms with Crippen molar-refractivity contribution in [2.24, 2.45) is 0 Å². The van der Waals surface area contributed by atoms with Gasteiger partial charge >= 0.3 is 0 Å². The molecule has 1 heterocycles. The molecule has 0 saturated carbocycles. The van der Waals surface area contributed by atoms with E-state index in [1.807, 2.05) is 31.4 Å². The third-order valence-electron chi connectivity index (χ3n) is 3.97. The minimum atomic E-state index is -0.587. The van der Waals surface area contributed by atoms with E-state index in [0.717, 1.165) is 16.1 Å². The first-order valence-electron chi connectivity index (χ1n) is 8.33. The molecule has 0 atom stereocenters. The van der Waals surface area contributed by atoms with Crippen LogP contribution in [0.15, 0.2) is 47.8 Å². The number of thiazole rings is 1. The molecule has 138 valence electrons. The van der Waals surface area contributed by atoms with Gasteiger partial charge in [0.1, 0.15) is 10.8 Å². The molecule has 0 fully saturated rings. The first kappa shape index (κ1) is 18.6. The number of nitrogens with one attached hydrogen (secondary N) is 2. The van der Waals surface area contributed by atoms with Crippen LogP contribution in [0.1, 0.15) is 27.2 Å². The Labute approximate surface area is 160 Å². The highest BCUT2D eigenvalue weighted by molar-refractivity contribution is 7.13. The van der Waals surface area contributed by atoms with Crippen LogP contribution in [0.4, 0.5) is 0 Å². The van der Waals surface area contributed by atoms with E-state index < -0.39 is 11.8 Å². The minimum Gasteiger partial charge on any atom is -0.507 e. The molecule has 3 rings (SSSR count). The molecule has 3 N–H and O–H groups in total. The topological polar surface area (TPSA) is 91.3 Å². The third-order valence-corrected chi connectivity index (χ3v) is 4.89. The van der Waals surface area contributed by atoms with Gasteiger partial charge in [-0.25, -0.2) is 4.98 Å². The van der Waals surface area contributed by atoms with Gasteiger partial charge in [0.15, 0.2) is 0 Å². The number of aromatic hydroxyl groups is 1. The summed E-state index contributed by atoms with van der Waals surface area (Å²) in [5.41, 5.74) is 8.71. The summed E-state index contributed by atoms with van der Waals surface area (Å²) < 4.78 is 0. The van der Waals surface area contributed by atoms with Crippen molar-refractivity contribution in [3.63, 3.8) is 0 Å². The van der Waals surface area contributed by atoms with Crippen LogP contribution in [-0.4, -0.2) is 21.9 Å². The Morgan fingerprint density at radius 2 is 1.89 bits per heavy atom. The van der Waals surface area contributed by atoms with Gasteiger partial charge in [-0.1, -0.05) is 35.9 Å². The minimum absolute atomic E-state index is 0.0441. The zero-order valence-electron chi connectivity index (χ0n) is 14.9. The molecule has 0 aliphatic heterocycles. The fourth-order valence-corrected chi connectivity index (χ4v) is 3.54. The number of para-hydroxylation sites is 1. The second-order valence-electron chi connectivity index (χ2n) is 6.16. The number of carbonyl (C=O) groups is 2. The Kier molecular flexibility index (Phi) is 5.52. The van der Waals surface area contributed by atoms with Gasteiger partial charge in [0.25, 0.3) is 5.91 Å². The molecular formula is C20H19N3O3S. The van der Waals surface area contributed by atoms with Gasteiger partial charge in [-0.2, -0.15) is 0 Å². The lowest BCUT2D eigenvalue weighted by Gasteiger charge is -2.07. The van der Waals surface area contributed by atoms with Gasteiger partial charge in [0, 0.05) is 10.9 Å². The molecule has 2 aromatic carbocycles. The summed E-state index contributed by atoms with van der Waals surface area (Å²) in [5.74, 6) is -1.13. The molecular weight excluding hydrogens is 362 g/mol. The Morgan fingerprint density at radius 3 is 2.63 bits per heavy atom. The lowest BCUT2D eigenvalue weighted by Crippen LogP contribution is -2.42. The molecule has 0 bridgehead atoms. The van der Waals surface area contributed by atoms with Crippen LogP contribution >= 0.6 is 11.3 Å². The summed E-state index contributed by atoms with van der Waals surface area (Å²) in [5, 5.41) is 12.3. The predicted molar refractivity (Wildman–Crippen MR) is 104 cm³/mol.